The summed E-state index contributed by atoms with van der Waals surface area (Å²) in [5.41, 5.74) is 0.947. The first-order valence-electron chi connectivity index (χ1n) is 14.2. The lowest BCUT2D eigenvalue weighted by Gasteiger charge is -2.35. The van der Waals surface area contributed by atoms with Gasteiger partial charge in [0.2, 0.25) is 11.8 Å². The molecule has 1 N–H and O–H groups in total. The van der Waals surface area contributed by atoms with Crippen molar-refractivity contribution in [3.8, 4) is 0 Å². The summed E-state index contributed by atoms with van der Waals surface area (Å²) >= 11 is 19.0. The number of hydrogen-bond donors (Lipinski definition) is 1. The van der Waals surface area contributed by atoms with Gasteiger partial charge in [-0.05, 0) is 68.3 Å². The van der Waals surface area contributed by atoms with Gasteiger partial charge in [0.25, 0.3) is 10.0 Å². The van der Waals surface area contributed by atoms with E-state index in [1.54, 1.807) is 54.6 Å². The van der Waals surface area contributed by atoms with Crippen LogP contribution in [-0.2, 0) is 32.6 Å². The largest absolute Gasteiger partial charge is 0.350 e. The van der Waals surface area contributed by atoms with Gasteiger partial charge in [-0.15, -0.1) is 0 Å². The molecule has 0 radical (unpaired) electrons. The third kappa shape index (κ3) is 9.01. The number of carbonyl (C=O) groups excluding carboxylic acids is 2. The van der Waals surface area contributed by atoms with Crippen molar-refractivity contribution in [1.82, 2.24) is 10.2 Å². The van der Waals surface area contributed by atoms with Crippen LogP contribution in [0.15, 0.2) is 108 Å². The monoisotopic (exact) mass is 685 g/mol. The molecule has 0 aliphatic carbocycles. The minimum atomic E-state index is -4.26. The predicted molar refractivity (Wildman–Crippen MR) is 181 cm³/mol. The number of nitrogens with one attached hydrogen (secondary N) is 1. The number of rotatable bonds is 11. The topological polar surface area (TPSA) is 86.8 Å². The Labute approximate surface area is 279 Å². The fraction of sp³-hybridized carbons (Fsp3) is 0.235. The number of anilines is 1. The Morgan fingerprint density at radius 1 is 0.756 bits per heavy atom. The molecule has 4 aromatic rings. The van der Waals surface area contributed by atoms with Crippen molar-refractivity contribution in [2.75, 3.05) is 10.8 Å². The van der Waals surface area contributed by atoms with Crippen LogP contribution in [-0.4, -0.2) is 43.3 Å². The van der Waals surface area contributed by atoms with Crippen molar-refractivity contribution >= 4 is 62.3 Å². The predicted octanol–water partition coefficient (Wildman–Crippen LogP) is 7.40. The minimum Gasteiger partial charge on any atom is -0.350 e. The normalized spacial score (nSPS) is 12.3. The van der Waals surface area contributed by atoms with E-state index >= 15 is 0 Å². The van der Waals surface area contributed by atoms with E-state index < -0.39 is 40.0 Å². The van der Waals surface area contributed by atoms with Gasteiger partial charge in [-0.2, -0.15) is 0 Å². The maximum Gasteiger partial charge on any atom is 0.264 e. The summed E-state index contributed by atoms with van der Waals surface area (Å²) in [6.45, 7) is 4.87. The van der Waals surface area contributed by atoms with Crippen LogP contribution >= 0.6 is 34.8 Å². The Hall–Kier alpha value is -3.56. The lowest BCUT2D eigenvalue weighted by molar-refractivity contribution is -0.140. The van der Waals surface area contributed by atoms with Gasteiger partial charge in [-0.25, -0.2) is 8.42 Å². The van der Waals surface area contributed by atoms with Crippen LogP contribution in [0.2, 0.25) is 15.1 Å². The molecule has 0 saturated carbocycles. The van der Waals surface area contributed by atoms with Crippen LogP contribution < -0.4 is 9.62 Å². The van der Waals surface area contributed by atoms with Crippen molar-refractivity contribution in [2.45, 2.75) is 50.2 Å². The third-order valence-corrected chi connectivity index (χ3v) is 9.67. The standard InChI is InChI=1S/C34H34Cl3N3O4S/c1-34(2,3)38-33(42)31(21-24-12-6-4-7-13-24)39(22-25-18-19-27(35)29(37)20-25)32(41)23-40(30-17-11-10-16-28(30)36)45(43,44)26-14-8-5-9-15-26/h4-20,31H,21-23H2,1-3H3,(H,38,42)/t31-/m1/s1. The number of nitrogens with zero attached hydrogens (tertiary/aromatic N) is 2. The average Bonchev–Trinajstić information content (AvgIpc) is 3.00. The summed E-state index contributed by atoms with van der Waals surface area (Å²) in [7, 11) is -4.26. The Morgan fingerprint density at radius 3 is 1.96 bits per heavy atom. The first-order chi connectivity index (χ1) is 21.3. The van der Waals surface area contributed by atoms with Gasteiger partial charge >= 0.3 is 0 Å². The summed E-state index contributed by atoms with van der Waals surface area (Å²) in [5.74, 6) is -1.01. The summed E-state index contributed by atoms with van der Waals surface area (Å²) in [6.07, 6.45) is 0.174. The van der Waals surface area contributed by atoms with E-state index in [4.69, 9.17) is 34.8 Å². The number of hydrogen-bond acceptors (Lipinski definition) is 4. The molecule has 45 heavy (non-hydrogen) atoms. The van der Waals surface area contributed by atoms with E-state index in [-0.39, 0.29) is 33.6 Å². The Bertz CT molecular complexity index is 1750. The number of benzene rings is 4. The van der Waals surface area contributed by atoms with Crippen molar-refractivity contribution in [3.63, 3.8) is 0 Å². The van der Waals surface area contributed by atoms with E-state index in [1.807, 2.05) is 51.1 Å². The van der Waals surface area contributed by atoms with Gasteiger partial charge in [0.15, 0.2) is 0 Å². The van der Waals surface area contributed by atoms with Crippen molar-refractivity contribution < 1.29 is 18.0 Å². The zero-order chi connectivity index (χ0) is 32.8. The summed E-state index contributed by atoms with van der Waals surface area (Å²) < 4.78 is 29.1. The number of sulfonamides is 1. The van der Waals surface area contributed by atoms with Gasteiger partial charge in [0, 0.05) is 18.5 Å². The molecule has 0 heterocycles. The molecule has 0 aliphatic heterocycles. The molecule has 4 aromatic carbocycles. The smallest absolute Gasteiger partial charge is 0.264 e. The third-order valence-electron chi connectivity index (χ3n) is 6.84. The molecule has 0 aliphatic rings. The maximum atomic E-state index is 14.5. The maximum absolute atomic E-state index is 14.5. The van der Waals surface area contributed by atoms with E-state index in [1.165, 1.54) is 23.1 Å². The first kappa shape index (κ1) is 34.3. The summed E-state index contributed by atoms with van der Waals surface area (Å²) in [6, 6.07) is 27.4. The highest BCUT2D eigenvalue weighted by molar-refractivity contribution is 7.92. The van der Waals surface area contributed by atoms with Gasteiger partial charge in [0.05, 0.1) is 25.7 Å². The van der Waals surface area contributed by atoms with Crippen LogP contribution in [0.5, 0.6) is 0 Å². The zero-order valence-corrected chi connectivity index (χ0v) is 28.2. The van der Waals surface area contributed by atoms with E-state index in [0.29, 0.717) is 10.6 Å². The number of para-hydroxylation sites is 1. The Balaban J connectivity index is 1.84. The highest BCUT2D eigenvalue weighted by Gasteiger charge is 2.36. The molecule has 7 nitrogen and oxygen atoms in total. The molecular weight excluding hydrogens is 653 g/mol. The van der Waals surface area contributed by atoms with Crippen LogP contribution in [0, 0.1) is 0 Å². The van der Waals surface area contributed by atoms with E-state index in [9.17, 15) is 18.0 Å². The molecule has 0 fully saturated rings. The first-order valence-corrected chi connectivity index (χ1v) is 16.8. The lowest BCUT2D eigenvalue weighted by Crippen LogP contribution is -2.56. The Morgan fingerprint density at radius 2 is 1.36 bits per heavy atom. The highest BCUT2D eigenvalue weighted by Crippen LogP contribution is 2.31. The zero-order valence-electron chi connectivity index (χ0n) is 25.1. The molecule has 0 unspecified atom stereocenters. The van der Waals surface area contributed by atoms with Gasteiger partial charge < -0.3 is 10.2 Å². The molecule has 2 amide bonds. The second kappa shape index (κ2) is 14.7. The molecule has 0 saturated heterocycles. The van der Waals surface area contributed by atoms with Gasteiger partial charge in [-0.1, -0.05) is 102 Å². The van der Waals surface area contributed by atoms with Gasteiger partial charge in [0.1, 0.15) is 12.6 Å². The molecule has 0 bridgehead atoms. The molecular formula is C34H34Cl3N3O4S. The summed E-state index contributed by atoms with van der Waals surface area (Å²) in [4.78, 5) is 29.8. The van der Waals surface area contributed by atoms with Crippen LogP contribution in [0.1, 0.15) is 31.9 Å². The fourth-order valence-corrected chi connectivity index (χ4v) is 6.79. The van der Waals surface area contributed by atoms with Crippen LogP contribution in [0.4, 0.5) is 5.69 Å². The number of carbonyl (C=O) groups is 2. The molecule has 0 spiro atoms. The average molecular weight is 687 g/mol. The lowest BCUT2D eigenvalue weighted by atomic mass is 10.0. The van der Waals surface area contributed by atoms with Crippen molar-refractivity contribution in [1.29, 1.82) is 0 Å². The molecule has 236 valence electrons. The second-order valence-corrected chi connectivity index (χ2v) is 14.6. The summed E-state index contributed by atoms with van der Waals surface area (Å²) in [5, 5.41) is 3.76. The molecule has 1 atom stereocenters. The van der Waals surface area contributed by atoms with Crippen LogP contribution in [0.3, 0.4) is 0 Å². The van der Waals surface area contributed by atoms with Crippen LogP contribution in [0.25, 0.3) is 0 Å². The van der Waals surface area contributed by atoms with E-state index in [0.717, 1.165) is 9.87 Å². The molecule has 0 aromatic heterocycles. The van der Waals surface area contributed by atoms with Crippen molar-refractivity contribution in [3.05, 3.63) is 129 Å². The minimum absolute atomic E-state index is 0.0138. The van der Waals surface area contributed by atoms with E-state index in [2.05, 4.69) is 5.32 Å². The number of amides is 2. The second-order valence-electron chi connectivity index (χ2n) is 11.5. The Kier molecular flexibility index (Phi) is 11.2. The van der Waals surface area contributed by atoms with Gasteiger partial charge in [-0.3, -0.25) is 13.9 Å². The number of halogens is 3. The SMILES string of the molecule is CC(C)(C)NC(=O)[C@@H](Cc1ccccc1)N(Cc1ccc(Cl)c(Cl)c1)C(=O)CN(c1ccccc1Cl)S(=O)(=O)c1ccccc1. The van der Waals surface area contributed by atoms with Crippen molar-refractivity contribution in [2.24, 2.45) is 0 Å². The highest BCUT2D eigenvalue weighted by atomic mass is 35.5. The fourth-order valence-electron chi connectivity index (χ4n) is 4.73. The quantitative estimate of drug-likeness (QED) is 0.178. The molecule has 4 rings (SSSR count). The molecule has 11 heteroatoms.